The molecule has 2 rings (SSSR count). The van der Waals surface area contributed by atoms with E-state index in [1.54, 1.807) is 0 Å². The van der Waals surface area contributed by atoms with Crippen LogP contribution in [0, 0.1) is 0 Å². The maximum Gasteiger partial charge on any atom is 0.0881 e. The van der Waals surface area contributed by atoms with Crippen molar-refractivity contribution >= 4 is 0 Å². The first-order valence-electron chi connectivity index (χ1n) is 6.88. The Balaban J connectivity index is 2.34. The normalized spacial score (nSPS) is 13.3. The van der Waals surface area contributed by atoms with Crippen molar-refractivity contribution in [2.24, 2.45) is 0 Å². The highest BCUT2D eigenvalue weighted by Crippen LogP contribution is 2.36. The lowest BCUT2D eigenvalue weighted by atomic mass is 9.76. The van der Waals surface area contributed by atoms with E-state index in [1.165, 1.54) is 5.56 Å². The highest BCUT2D eigenvalue weighted by molar-refractivity contribution is 5.32. The Bertz CT molecular complexity index is 528. The van der Waals surface area contributed by atoms with Crippen molar-refractivity contribution in [2.75, 3.05) is 0 Å². The van der Waals surface area contributed by atoms with Crippen LogP contribution in [-0.4, -0.2) is 5.11 Å². The van der Waals surface area contributed by atoms with E-state index in [0.717, 1.165) is 17.5 Å². The summed E-state index contributed by atoms with van der Waals surface area (Å²) >= 11 is 0. The number of aryl methyl sites for hydroxylation is 1. The van der Waals surface area contributed by atoms with Gasteiger partial charge in [-0.25, -0.2) is 0 Å². The van der Waals surface area contributed by atoms with Crippen LogP contribution in [0.2, 0.25) is 0 Å². The second-order valence-electron chi connectivity index (χ2n) is 5.59. The Hall–Kier alpha value is -1.60. The first kappa shape index (κ1) is 13.8. The van der Waals surface area contributed by atoms with E-state index < -0.39 is 6.10 Å². The van der Waals surface area contributed by atoms with Gasteiger partial charge in [-0.15, -0.1) is 0 Å². The van der Waals surface area contributed by atoms with Gasteiger partial charge in [0, 0.05) is 5.41 Å². The van der Waals surface area contributed by atoms with Crippen LogP contribution >= 0.6 is 0 Å². The van der Waals surface area contributed by atoms with Crippen molar-refractivity contribution in [1.29, 1.82) is 0 Å². The molecular weight excluding hydrogens is 232 g/mol. The molecule has 2 aromatic carbocycles. The smallest absolute Gasteiger partial charge is 0.0881 e. The molecule has 1 nitrogen and oxygen atoms in total. The highest BCUT2D eigenvalue weighted by Gasteiger charge is 2.30. The molecular formula is C18H22O. The molecule has 0 saturated carbocycles. The zero-order chi connectivity index (χ0) is 13.9. The molecule has 0 aliphatic rings. The first-order valence-corrected chi connectivity index (χ1v) is 6.88. The van der Waals surface area contributed by atoms with E-state index in [4.69, 9.17) is 0 Å². The van der Waals surface area contributed by atoms with Crippen LogP contribution in [0.1, 0.15) is 43.6 Å². The van der Waals surface area contributed by atoms with E-state index in [1.807, 2.05) is 30.3 Å². The summed E-state index contributed by atoms with van der Waals surface area (Å²) in [7, 11) is 0. The largest absolute Gasteiger partial charge is 0.388 e. The topological polar surface area (TPSA) is 20.2 Å². The number of aliphatic hydroxyl groups excluding tert-OH is 1. The minimum absolute atomic E-state index is 0.298. The van der Waals surface area contributed by atoms with Gasteiger partial charge >= 0.3 is 0 Å². The molecule has 1 N–H and O–H groups in total. The molecule has 0 bridgehead atoms. The van der Waals surface area contributed by atoms with Crippen molar-refractivity contribution in [3.05, 3.63) is 71.3 Å². The summed E-state index contributed by atoms with van der Waals surface area (Å²) in [6.07, 6.45) is 0.494. The van der Waals surface area contributed by atoms with Gasteiger partial charge in [-0.3, -0.25) is 0 Å². The number of hydrogen-bond donors (Lipinski definition) is 1. The fourth-order valence-electron chi connectivity index (χ4n) is 2.43. The molecule has 0 spiro atoms. The molecule has 1 atom stereocenters. The Morgan fingerprint density at radius 2 is 1.68 bits per heavy atom. The van der Waals surface area contributed by atoms with Crippen LogP contribution in [0.5, 0.6) is 0 Å². The minimum Gasteiger partial charge on any atom is -0.388 e. The molecule has 0 aliphatic heterocycles. The van der Waals surface area contributed by atoms with Crippen molar-refractivity contribution < 1.29 is 5.11 Å². The van der Waals surface area contributed by atoms with E-state index in [2.05, 4.69) is 45.0 Å². The Labute approximate surface area is 115 Å². The predicted octanol–water partition coefficient (Wildman–Crippen LogP) is 4.26. The van der Waals surface area contributed by atoms with Gasteiger partial charge in [0.1, 0.15) is 0 Å². The van der Waals surface area contributed by atoms with Crippen LogP contribution in [0.3, 0.4) is 0 Å². The van der Waals surface area contributed by atoms with Crippen molar-refractivity contribution in [1.82, 2.24) is 0 Å². The monoisotopic (exact) mass is 254 g/mol. The predicted molar refractivity (Wildman–Crippen MR) is 80.2 cm³/mol. The van der Waals surface area contributed by atoms with Crippen LogP contribution < -0.4 is 0 Å². The number of benzene rings is 2. The second kappa shape index (κ2) is 5.58. The van der Waals surface area contributed by atoms with Gasteiger partial charge in [0.25, 0.3) is 0 Å². The third kappa shape index (κ3) is 2.87. The van der Waals surface area contributed by atoms with Crippen LogP contribution in [-0.2, 0) is 11.8 Å². The molecule has 0 amide bonds. The SMILES string of the molecule is CCc1cccc(C(O)C(C)(C)c2ccccc2)c1. The average molecular weight is 254 g/mol. The summed E-state index contributed by atoms with van der Waals surface area (Å²) in [4.78, 5) is 0. The van der Waals surface area contributed by atoms with Gasteiger partial charge in [-0.1, -0.05) is 75.4 Å². The Morgan fingerprint density at radius 3 is 2.32 bits per heavy atom. The molecule has 0 saturated heterocycles. The summed E-state index contributed by atoms with van der Waals surface area (Å²) in [6.45, 7) is 6.31. The van der Waals surface area contributed by atoms with Gasteiger partial charge in [0.15, 0.2) is 0 Å². The standard InChI is InChI=1S/C18H22O/c1-4-14-9-8-10-15(13-14)17(19)18(2,3)16-11-6-5-7-12-16/h5-13,17,19H,4H2,1-3H3. The lowest BCUT2D eigenvalue weighted by molar-refractivity contribution is 0.100. The summed E-state index contributed by atoms with van der Waals surface area (Å²) in [5.41, 5.74) is 3.12. The van der Waals surface area contributed by atoms with Gasteiger partial charge in [0.2, 0.25) is 0 Å². The average Bonchev–Trinajstić information content (AvgIpc) is 2.47. The zero-order valence-corrected chi connectivity index (χ0v) is 11.9. The fraction of sp³-hybridized carbons (Fsp3) is 0.333. The van der Waals surface area contributed by atoms with Crippen molar-refractivity contribution in [3.63, 3.8) is 0 Å². The van der Waals surface area contributed by atoms with E-state index in [0.29, 0.717) is 0 Å². The maximum atomic E-state index is 10.7. The summed E-state index contributed by atoms with van der Waals surface area (Å²) in [5, 5.41) is 10.7. The van der Waals surface area contributed by atoms with Gasteiger partial charge < -0.3 is 5.11 Å². The second-order valence-corrected chi connectivity index (χ2v) is 5.59. The van der Waals surface area contributed by atoms with Gasteiger partial charge in [-0.2, -0.15) is 0 Å². The minimum atomic E-state index is -0.499. The van der Waals surface area contributed by atoms with Crippen molar-refractivity contribution in [2.45, 2.75) is 38.7 Å². The lowest BCUT2D eigenvalue weighted by Crippen LogP contribution is -2.26. The quantitative estimate of drug-likeness (QED) is 0.864. The third-order valence-corrected chi connectivity index (χ3v) is 3.88. The molecule has 100 valence electrons. The highest BCUT2D eigenvalue weighted by atomic mass is 16.3. The van der Waals surface area contributed by atoms with Crippen molar-refractivity contribution in [3.8, 4) is 0 Å². The van der Waals surface area contributed by atoms with Crippen LogP contribution in [0.4, 0.5) is 0 Å². The molecule has 0 heterocycles. The molecule has 0 aromatic heterocycles. The maximum absolute atomic E-state index is 10.7. The molecule has 1 unspecified atom stereocenters. The summed E-state index contributed by atoms with van der Waals surface area (Å²) in [6, 6.07) is 18.4. The Kier molecular flexibility index (Phi) is 4.06. The Morgan fingerprint density at radius 1 is 1.00 bits per heavy atom. The molecule has 0 aliphatic carbocycles. The van der Waals surface area contributed by atoms with E-state index in [9.17, 15) is 5.11 Å². The molecule has 0 fully saturated rings. The zero-order valence-electron chi connectivity index (χ0n) is 11.9. The van der Waals surface area contributed by atoms with E-state index >= 15 is 0 Å². The van der Waals surface area contributed by atoms with E-state index in [-0.39, 0.29) is 5.41 Å². The number of hydrogen-bond acceptors (Lipinski definition) is 1. The van der Waals surface area contributed by atoms with Crippen LogP contribution in [0.15, 0.2) is 54.6 Å². The summed E-state index contributed by atoms with van der Waals surface area (Å²) in [5.74, 6) is 0. The molecule has 19 heavy (non-hydrogen) atoms. The molecule has 0 radical (unpaired) electrons. The fourth-order valence-corrected chi connectivity index (χ4v) is 2.43. The number of aliphatic hydroxyl groups is 1. The number of rotatable bonds is 4. The molecule has 1 heteroatoms. The van der Waals surface area contributed by atoms with Gasteiger partial charge in [-0.05, 0) is 23.1 Å². The summed E-state index contributed by atoms with van der Waals surface area (Å²) < 4.78 is 0. The first-order chi connectivity index (χ1) is 9.05. The lowest BCUT2D eigenvalue weighted by Gasteiger charge is -2.31. The third-order valence-electron chi connectivity index (χ3n) is 3.88. The molecule has 2 aromatic rings. The van der Waals surface area contributed by atoms with Crippen LogP contribution in [0.25, 0.3) is 0 Å². The van der Waals surface area contributed by atoms with Gasteiger partial charge in [0.05, 0.1) is 6.10 Å².